The van der Waals surface area contributed by atoms with Crippen molar-refractivity contribution in [2.75, 3.05) is 33.3 Å². The van der Waals surface area contributed by atoms with Gasteiger partial charge in [0.1, 0.15) is 12.3 Å². The van der Waals surface area contributed by atoms with Crippen molar-refractivity contribution in [2.24, 2.45) is 0 Å². The molecule has 0 bridgehead atoms. The van der Waals surface area contributed by atoms with Crippen molar-refractivity contribution in [1.82, 2.24) is 4.90 Å². The maximum atomic E-state index is 12.9. The largest absolute Gasteiger partial charge is 0.496 e. The molecule has 132 valence electrons. The Bertz CT molecular complexity index is 749. The molecule has 4 nitrogen and oxygen atoms in total. The average molecular weight is 339 g/mol. The van der Waals surface area contributed by atoms with Crippen LogP contribution in [0.25, 0.3) is 0 Å². The van der Waals surface area contributed by atoms with Crippen LogP contribution in [0.5, 0.6) is 5.75 Å². The number of hydrogen-bond donors (Lipinski definition) is 1. The van der Waals surface area contributed by atoms with Crippen molar-refractivity contribution in [3.8, 4) is 5.75 Å². The number of ether oxygens (including phenoxy) is 1. The minimum atomic E-state index is 0.0792. The summed E-state index contributed by atoms with van der Waals surface area (Å²) < 4.78 is 5.37. The molecule has 4 heteroatoms. The lowest BCUT2D eigenvalue weighted by Crippen LogP contribution is -3.13. The molecule has 0 aliphatic carbocycles. The van der Waals surface area contributed by atoms with E-state index in [-0.39, 0.29) is 5.91 Å². The molecule has 2 aromatic rings. The summed E-state index contributed by atoms with van der Waals surface area (Å²) in [7, 11) is 1.62. The Morgan fingerprint density at radius 2 is 1.84 bits per heavy atom. The lowest BCUT2D eigenvalue weighted by atomic mass is 10.1. The van der Waals surface area contributed by atoms with Crippen LogP contribution in [0.4, 0.5) is 0 Å². The Morgan fingerprint density at radius 1 is 1.12 bits per heavy atom. The van der Waals surface area contributed by atoms with Gasteiger partial charge in [-0.2, -0.15) is 0 Å². The zero-order valence-corrected chi connectivity index (χ0v) is 15.3. The van der Waals surface area contributed by atoms with E-state index in [1.807, 2.05) is 30.0 Å². The molecule has 25 heavy (non-hydrogen) atoms. The van der Waals surface area contributed by atoms with Gasteiger partial charge in [0.2, 0.25) is 0 Å². The van der Waals surface area contributed by atoms with Crippen molar-refractivity contribution in [2.45, 2.75) is 20.4 Å². The lowest BCUT2D eigenvalue weighted by molar-refractivity contribution is -0.917. The molecule has 0 aromatic heterocycles. The Morgan fingerprint density at radius 3 is 2.52 bits per heavy atom. The molecular formula is C21H27N2O2+. The van der Waals surface area contributed by atoms with E-state index in [0.29, 0.717) is 11.3 Å². The second-order valence-corrected chi connectivity index (χ2v) is 6.85. The van der Waals surface area contributed by atoms with Crippen LogP contribution in [0, 0.1) is 13.8 Å². The van der Waals surface area contributed by atoms with E-state index in [2.05, 4.69) is 31.2 Å². The smallest absolute Gasteiger partial charge is 0.258 e. The minimum absolute atomic E-state index is 0.0792. The molecule has 0 spiro atoms. The summed E-state index contributed by atoms with van der Waals surface area (Å²) in [5, 5.41) is 0. The van der Waals surface area contributed by atoms with E-state index in [9.17, 15) is 4.79 Å². The van der Waals surface area contributed by atoms with Gasteiger partial charge in [-0.3, -0.25) is 4.79 Å². The quantitative estimate of drug-likeness (QED) is 0.922. The van der Waals surface area contributed by atoms with E-state index < -0.39 is 0 Å². The zero-order valence-electron chi connectivity index (χ0n) is 15.3. The molecular weight excluding hydrogens is 312 g/mol. The van der Waals surface area contributed by atoms with Gasteiger partial charge in [-0.15, -0.1) is 0 Å². The summed E-state index contributed by atoms with van der Waals surface area (Å²) >= 11 is 0. The normalized spacial score (nSPS) is 15.2. The number of hydrogen-bond acceptors (Lipinski definition) is 2. The van der Waals surface area contributed by atoms with Gasteiger partial charge in [0.25, 0.3) is 5.91 Å². The molecule has 2 aromatic carbocycles. The van der Waals surface area contributed by atoms with Crippen molar-refractivity contribution >= 4 is 5.91 Å². The fourth-order valence-corrected chi connectivity index (χ4v) is 3.44. The van der Waals surface area contributed by atoms with Crippen LogP contribution < -0.4 is 9.64 Å². The molecule has 1 heterocycles. The lowest BCUT2D eigenvalue weighted by Gasteiger charge is -2.32. The third-order valence-electron chi connectivity index (χ3n) is 5.04. The first-order valence-corrected chi connectivity index (χ1v) is 8.90. The SMILES string of the molecule is COc1ccc(C)cc1C(=O)N1CC[NH+](Cc2ccccc2C)CC1. The molecule has 1 aliphatic heterocycles. The first kappa shape index (κ1) is 17.5. The molecule has 1 N–H and O–H groups in total. The number of nitrogens with one attached hydrogen (secondary N) is 1. The highest BCUT2D eigenvalue weighted by Gasteiger charge is 2.26. The fraction of sp³-hybridized carbons (Fsp3) is 0.381. The number of amides is 1. The summed E-state index contributed by atoms with van der Waals surface area (Å²) in [6, 6.07) is 14.3. The van der Waals surface area contributed by atoms with Crippen LogP contribution in [-0.4, -0.2) is 44.1 Å². The Hall–Kier alpha value is -2.33. The number of rotatable bonds is 4. The number of aryl methyl sites for hydroxylation is 2. The van der Waals surface area contributed by atoms with Gasteiger partial charge in [-0.1, -0.05) is 35.9 Å². The van der Waals surface area contributed by atoms with E-state index >= 15 is 0 Å². The highest BCUT2D eigenvalue weighted by atomic mass is 16.5. The number of benzene rings is 2. The van der Waals surface area contributed by atoms with Gasteiger partial charge in [0.15, 0.2) is 0 Å². The van der Waals surface area contributed by atoms with Crippen LogP contribution in [0.15, 0.2) is 42.5 Å². The van der Waals surface area contributed by atoms with Crippen LogP contribution in [0.2, 0.25) is 0 Å². The average Bonchev–Trinajstić information content (AvgIpc) is 2.63. The fourth-order valence-electron chi connectivity index (χ4n) is 3.44. The van der Waals surface area contributed by atoms with Crippen molar-refractivity contribution in [3.05, 3.63) is 64.7 Å². The van der Waals surface area contributed by atoms with Gasteiger partial charge in [-0.25, -0.2) is 0 Å². The minimum Gasteiger partial charge on any atom is -0.496 e. The van der Waals surface area contributed by atoms with E-state index in [4.69, 9.17) is 4.74 Å². The van der Waals surface area contributed by atoms with E-state index in [1.165, 1.54) is 16.0 Å². The van der Waals surface area contributed by atoms with E-state index in [0.717, 1.165) is 38.3 Å². The van der Waals surface area contributed by atoms with Crippen LogP contribution in [0.3, 0.4) is 0 Å². The summed E-state index contributed by atoms with van der Waals surface area (Å²) in [5.41, 5.74) is 4.49. The topological polar surface area (TPSA) is 34.0 Å². The molecule has 3 rings (SSSR count). The first-order chi connectivity index (χ1) is 12.1. The Labute approximate surface area is 150 Å². The van der Waals surface area contributed by atoms with Crippen molar-refractivity contribution in [1.29, 1.82) is 0 Å². The van der Waals surface area contributed by atoms with Crippen molar-refractivity contribution < 1.29 is 14.4 Å². The maximum absolute atomic E-state index is 12.9. The number of quaternary nitrogens is 1. The number of methoxy groups -OCH3 is 1. The summed E-state index contributed by atoms with van der Waals surface area (Å²) in [6.45, 7) is 8.73. The predicted octanol–water partition coefficient (Wildman–Crippen LogP) is 1.85. The number of piperazine rings is 1. The summed E-state index contributed by atoms with van der Waals surface area (Å²) in [5.74, 6) is 0.737. The van der Waals surface area contributed by atoms with Crippen LogP contribution >= 0.6 is 0 Å². The number of nitrogens with zero attached hydrogens (tertiary/aromatic N) is 1. The van der Waals surface area contributed by atoms with Gasteiger partial charge in [-0.05, 0) is 31.5 Å². The third kappa shape index (κ3) is 4.02. The number of carbonyl (C=O) groups is 1. The van der Waals surface area contributed by atoms with Gasteiger partial charge in [0, 0.05) is 5.56 Å². The second kappa shape index (κ2) is 7.70. The van der Waals surface area contributed by atoms with Crippen LogP contribution in [-0.2, 0) is 6.54 Å². The molecule has 0 unspecified atom stereocenters. The molecule has 1 aliphatic rings. The second-order valence-electron chi connectivity index (χ2n) is 6.85. The molecule has 0 saturated carbocycles. The highest BCUT2D eigenvalue weighted by molar-refractivity contribution is 5.97. The van der Waals surface area contributed by atoms with Gasteiger partial charge < -0.3 is 14.5 Å². The monoisotopic (exact) mass is 339 g/mol. The Balaban J connectivity index is 1.63. The molecule has 0 radical (unpaired) electrons. The van der Waals surface area contributed by atoms with Gasteiger partial charge >= 0.3 is 0 Å². The predicted molar refractivity (Wildman–Crippen MR) is 99.2 cm³/mol. The molecule has 1 fully saturated rings. The molecule has 1 saturated heterocycles. The summed E-state index contributed by atoms with van der Waals surface area (Å²) in [6.07, 6.45) is 0. The number of carbonyl (C=O) groups excluding carboxylic acids is 1. The third-order valence-corrected chi connectivity index (χ3v) is 5.04. The Kier molecular flexibility index (Phi) is 5.39. The van der Waals surface area contributed by atoms with E-state index in [1.54, 1.807) is 7.11 Å². The van der Waals surface area contributed by atoms with Crippen LogP contribution in [0.1, 0.15) is 27.0 Å². The molecule has 0 atom stereocenters. The highest BCUT2D eigenvalue weighted by Crippen LogP contribution is 2.21. The van der Waals surface area contributed by atoms with Crippen molar-refractivity contribution in [3.63, 3.8) is 0 Å². The maximum Gasteiger partial charge on any atom is 0.258 e. The van der Waals surface area contributed by atoms with Gasteiger partial charge in [0.05, 0.1) is 38.9 Å². The molecule has 1 amide bonds. The zero-order chi connectivity index (χ0) is 17.8. The first-order valence-electron chi connectivity index (χ1n) is 8.90. The summed E-state index contributed by atoms with van der Waals surface area (Å²) in [4.78, 5) is 16.4. The standard InChI is InChI=1S/C21H26N2O2/c1-16-8-9-20(25-3)19(14-16)21(24)23-12-10-22(11-13-23)15-18-7-5-4-6-17(18)2/h4-9,14H,10-13,15H2,1-3H3/p+1.